The highest BCUT2D eigenvalue weighted by Crippen LogP contribution is 2.32. The molecule has 1 aliphatic heterocycles. The lowest BCUT2D eigenvalue weighted by molar-refractivity contribution is -0.121. The maximum atomic E-state index is 13.3. The molecule has 4 rings (SSSR count). The van der Waals surface area contributed by atoms with Crippen LogP contribution in [-0.2, 0) is 26.1 Å². The topological polar surface area (TPSA) is 90.2 Å². The molecule has 0 bridgehead atoms. The largest absolute Gasteiger partial charge is 0.497 e. The van der Waals surface area contributed by atoms with E-state index in [0.717, 1.165) is 0 Å². The van der Waals surface area contributed by atoms with E-state index in [0.29, 0.717) is 63.4 Å². The van der Waals surface area contributed by atoms with Gasteiger partial charge < -0.3 is 14.0 Å². The van der Waals surface area contributed by atoms with Gasteiger partial charge in [0, 0.05) is 19.7 Å². The van der Waals surface area contributed by atoms with Crippen LogP contribution in [0.3, 0.4) is 0 Å². The normalized spacial score (nSPS) is 17.4. The van der Waals surface area contributed by atoms with Crippen molar-refractivity contribution in [1.29, 1.82) is 0 Å². The van der Waals surface area contributed by atoms with Crippen LogP contribution in [0.4, 0.5) is 0 Å². The van der Waals surface area contributed by atoms with E-state index in [4.69, 9.17) is 32.7 Å². The molecule has 1 atom stereocenters. The van der Waals surface area contributed by atoms with Crippen LogP contribution in [0, 0.1) is 0 Å². The van der Waals surface area contributed by atoms with Gasteiger partial charge in [-0.15, -0.1) is 0 Å². The maximum Gasteiger partial charge on any atom is 0.266 e. The van der Waals surface area contributed by atoms with E-state index in [9.17, 15) is 13.2 Å². The van der Waals surface area contributed by atoms with Gasteiger partial charge in [-0.3, -0.25) is 4.79 Å². The summed E-state index contributed by atoms with van der Waals surface area (Å²) in [6.45, 7) is 3.50. The number of fused-ring (bicyclic) bond motifs is 1. The second-order valence-electron chi connectivity index (χ2n) is 7.84. The number of amides is 1. The molecule has 1 aliphatic rings. The van der Waals surface area contributed by atoms with Crippen molar-refractivity contribution >= 4 is 60.7 Å². The van der Waals surface area contributed by atoms with Gasteiger partial charge in [0.1, 0.15) is 11.8 Å². The van der Waals surface area contributed by atoms with Gasteiger partial charge in [0.05, 0.1) is 38.9 Å². The number of sulfonamides is 1. The minimum atomic E-state index is -3.88. The minimum Gasteiger partial charge on any atom is -0.497 e. The summed E-state index contributed by atoms with van der Waals surface area (Å²) in [6, 6.07) is 8.61. The van der Waals surface area contributed by atoms with Crippen molar-refractivity contribution in [3.8, 4) is 5.75 Å². The molecule has 2 heterocycles. The summed E-state index contributed by atoms with van der Waals surface area (Å²) in [5.74, 6) is 0.0234. The van der Waals surface area contributed by atoms with Gasteiger partial charge in [-0.2, -0.15) is 9.30 Å². The first-order chi connectivity index (χ1) is 16.8. The second kappa shape index (κ2) is 11.0. The number of hydrogen-bond donors (Lipinski definition) is 0. The van der Waals surface area contributed by atoms with Crippen LogP contribution in [0.25, 0.3) is 10.2 Å². The average molecular weight is 559 g/mol. The summed E-state index contributed by atoms with van der Waals surface area (Å²) in [4.78, 5) is 18.2. The third-order valence-corrected chi connectivity index (χ3v) is 9.52. The van der Waals surface area contributed by atoms with Gasteiger partial charge in [-0.25, -0.2) is 8.42 Å². The first kappa shape index (κ1) is 26.1. The lowest BCUT2D eigenvalue weighted by atomic mass is 10.2. The summed E-state index contributed by atoms with van der Waals surface area (Å²) >= 11 is 14.1. The number of ether oxygens (including phenoxy) is 2. The average Bonchev–Trinajstić information content (AvgIpc) is 3.48. The monoisotopic (exact) mass is 557 g/mol. The standard InChI is InChI=1S/C23H25Cl2N3O5S2/c1-3-33-14-13-27-20-17(24)10-11-18(25)21(20)34-23(27)26-22(29)19-5-4-12-28(19)35(30,31)16-8-6-15(32-2)7-9-16/h6-11,19H,3-5,12-14H2,1-2H3. The Morgan fingerprint density at radius 3 is 2.57 bits per heavy atom. The minimum absolute atomic E-state index is 0.102. The van der Waals surface area contributed by atoms with Crippen molar-refractivity contribution in [2.75, 3.05) is 26.9 Å². The Morgan fingerprint density at radius 1 is 1.17 bits per heavy atom. The van der Waals surface area contributed by atoms with Crippen LogP contribution in [0.2, 0.25) is 10.0 Å². The summed E-state index contributed by atoms with van der Waals surface area (Å²) in [5, 5.41) is 0.980. The zero-order valence-electron chi connectivity index (χ0n) is 19.2. The molecular weight excluding hydrogens is 533 g/mol. The molecule has 12 heteroatoms. The summed E-state index contributed by atoms with van der Waals surface area (Å²) in [5.41, 5.74) is 0.671. The van der Waals surface area contributed by atoms with E-state index in [-0.39, 0.29) is 11.4 Å². The van der Waals surface area contributed by atoms with Crippen molar-refractivity contribution in [2.24, 2.45) is 4.99 Å². The number of carbonyl (C=O) groups is 1. The summed E-state index contributed by atoms with van der Waals surface area (Å²) in [6.07, 6.45) is 0.957. The maximum absolute atomic E-state index is 13.3. The Balaban J connectivity index is 1.72. The molecular formula is C23H25Cl2N3O5S2. The molecule has 0 radical (unpaired) electrons. The van der Waals surface area contributed by atoms with E-state index in [2.05, 4.69) is 4.99 Å². The Morgan fingerprint density at radius 2 is 1.89 bits per heavy atom. The van der Waals surface area contributed by atoms with Gasteiger partial charge in [-0.05, 0) is 56.2 Å². The zero-order chi connectivity index (χ0) is 25.2. The predicted molar refractivity (Wildman–Crippen MR) is 137 cm³/mol. The molecule has 1 fully saturated rings. The van der Waals surface area contributed by atoms with Gasteiger partial charge >= 0.3 is 0 Å². The molecule has 1 unspecified atom stereocenters. The van der Waals surface area contributed by atoms with Crippen LogP contribution in [-0.4, -0.2) is 56.1 Å². The third kappa shape index (κ3) is 5.28. The van der Waals surface area contributed by atoms with Crippen molar-refractivity contribution in [3.05, 3.63) is 51.2 Å². The number of hydrogen-bond acceptors (Lipinski definition) is 6. The number of nitrogens with zero attached hydrogens (tertiary/aromatic N) is 3. The zero-order valence-corrected chi connectivity index (χ0v) is 22.4. The lowest BCUT2D eigenvalue weighted by Crippen LogP contribution is -2.40. The second-order valence-corrected chi connectivity index (χ2v) is 11.5. The van der Waals surface area contributed by atoms with Crippen LogP contribution < -0.4 is 9.54 Å². The SMILES string of the molecule is CCOCCn1c(=NC(=O)C2CCCN2S(=O)(=O)c2ccc(OC)cc2)sc2c(Cl)ccc(Cl)c21. The number of rotatable bonds is 8. The summed E-state index contributed by atoms with van der Waals surface area (Å²) < 4.78 is 41.0. The van der Waals surface area contributed by atoms with Crippen LogP contribution >= 0.6 is 34.5 Å². The fraction of sp³-hybridized carbons (Fsp3) is 0.391. The Kier molecular flexibility index (Phi) is 8.19. The third-order valence-electron chi connectivity index (χ3n) is 5.75. The Hall–Kier alpha value is -1.95. The molecule has 1 saturated heterocycles. The smallest absolute Gasteiger partial charge is 0.266 e. The highest BCUT2D eigenvalue weighted by Gasteiger charge is 2.39. The number of thiazole rings is 1. The van der Waals surface area contributed by atoms with Crippen LogP contribution in [0.5, 0.6) is 5.75 Å². The fourth-order valence-corrected chi connectivity index (χ4v) is 7.36. The number of benzene rings is 2. The van der Waals surface area contributed by atoms with Crippen molar-refractivity contribution in [1.82, 2.24) is 8.87 Å². The highest BCUT2D eigenvalue weighted by molar-refractivity contribution is 7.89. The predicted octanol–water partition coefficient (Wildman–Crippen LogP) is 4.34. The molecule has 188 valence electrons. The van der Waals surface area contributed by atoms with E-state index in [1.165, 1.54) is 34.9 Å². The number of halogens is 2. The molecule has 8 nitrogen and oxygen atoms in total. The molecule has 0 saturated carbocycles. The molecule has 1 aromatic heterocycles. The quantitative estimate of drug-likeness (QED) is 0.384. The van der Waals surface area contributed by atoms with Crippen molar-refractivity contribution in [2.45, 2.75) is 37.2 Å². The highest BCUT2D eigenvalue weighted by atomic mass is 35.5. The fourth-order valence-electron chi connectivity index (χ4n) is 4.03. The van der Waals surface area contributed by atoms with Crippen LogP contribution in [0.15, 0.2) is 46.3 Å². The van der Waals surface area contributed by atoms with E-state index >= 15 is 0 Å². The van der Waals surface area contributed by atoms with Crippen molar-refractivity contribution < 1.29 is 22.7 Å². The van der Waals surface area contributed by atoms with Crippen LogP contribution in [0.1, 0.15) is 19.8 Å². The molecule has 0 aliphatic carbocycles. The van der Waals surface area contributed by atoms with Gasteiger partial charge in [-0.1, -0.05) is 34.5 Å². The van der Waals surface area contributed by atoms with E-state index in [1.54, 1.807) is 28.8 Å². The molecule has 0 N–H and O–H groups in total. The number of aromatic nitrogens is 1. The van der Waals surface area contributed by atoms with Gasteiger partial charge in [0.2, 0.25) is 10.0 Å². The first-order valence-electron chi connectivity index (χ1n) is 11.1. The van der Waals surface area contributed by atoms with Gasteiger partial charge in [0.15, 0.2) is 4.80 Å². The summed E-state index contributed by atoms with van der Waals surface area (Å²) in [7, 11) is -2.38. The van der Waals surface area contributed by atoms with E-state index < -0.39 is 22.0 Å². The van der Waals surface area contributed by atoms with E-state index in [1.807, 2.05) is 6.92 Å². The van der Waals surface area contributed by atoms with Gasteiger partial charge in [0.25, 0.3) is 5.91 Å². The number of methoxy groups -OCH3 is 1. The molecule has 35 heavy (non-hydrogen) atoms. The van der Waals surface area contributed by atoms with Crippen molar-refractivity contribution in [3.63, 3.8) is 0 Å². The first-order valence-corrected chi connectivity index (χ1v) is 14.1. The Bertz CT molecular complexity index is 1400. The molecule has 3 aromatic rings. The molecule has 2 aromatic carbocycles. The molecule has 0 spiro atoms. The Labute approximate surface area is 217 Å². The molecule has 1 amide bonds. The lowest BCUT2D eigenvalue weighted by Gasteiger charge is -2.21. The number of carbonyl (C=O) groups excluding carboxylic acids is 1.